The van der Waals surface area contributed by atoms with Gasteiger partial charge in [0.25, 0.3) is 5.56 Å². The zero-order valence-corrected chi connectivity index (χ0v) is 12.5. The fourth-order valence-electron chi connectivity index (χ4n) is 2.78. The molecule has 0 unspecified atom stereocenters. The third-order valence-electron chi connectivity index (χ3n) is 3.94. The molecule has 1 fully saturated rings. The molecule has 1 saturated carbocycles. The van der Waals surface area contributed by atoms with Crippen molar-refractivity contribution >= 4 is 28.8 Å². The molecule has 1 aliphatic rings. The lowest BCUT2D eigenvalue weighted by molar-refractivity contribution is -0.119. The van der Waals surface area contributed by atoms with Gasteiger partial charge in [-0.05, 0) is 31.9 Å². The number of fused-ring (bicyclic) bond motifs is 1. The maximum atomic E-state index is 12.5. The van der Waals surface area contributed by atoms with E-state index in [1.54, 1.807) is 19.1 Å². The SMILES string of the molecule is Cc1nc2ccc(Cl)cn2c(=O)c1NC(=O)C1CCCC1. The second kappa shape index (κ2) is 5.48. The molecule has 110 valence electrons. The Morgan fingerprint density at radius 2 is 2.10 bits per heavy atom. The Hall–Kier alpha value is -1.88. The monoisotopic (exact) mass is 305 g/mol. The summed E-state index contributed by atoms with van der Waals surface area (Å²) in [5.41, 5.74) is 0.979. The summed E-state index contributed by atoms with van der Waals surface area (Å²) in [5.74, 6) is -0.0830. The predicted molar refractivity (Wildman–Crippen MR) is 81.8 cm³/mol. The molecular weight excluding hydrogens is 290 g/mol. The van der Waals surface area contributed by atoms with E-state index in [1.807, 2.05) is 0 Å². The normalized spacial score (nSPS) is 15.5. The molecule has 0 aliphatic heterocycles. The highest BCUT2D eigenvalue weighted by Crippen LogP contribution is 2.26. The molecule has 0 radical (unpaired) electrons. The van der Waals surface area contributed by atoms with Gasteiger partial charge in [-0.2, -0.15) is 0 Å². The number of aryl methyl sites for hydroxylation is 1. The summed E-state index contributed by atoms with van der Waals surface area (Å²) in [6.45, 7) is 1.72. The number of carbonyl (C=O) groups is 1. The van der Waals surface area contributed by atoms with E-state index in [2.05, 4.69) is 10.3 Å². The highest BCUT2D eigenvalue weighted by Gasteiger charge is 2.24. The summed E-state index contributed by atoms with van der Waals surface area (Å²) in [6, 6.07) is 3.36. The number of nitrogens with one attached hydrogen (secondary N) is 1. The maximum absolute atomic E-state index is 12.5. The molecule has 6 heteroatoms. The number of amides is 1. The maximum Gasteiger partial charge on any atom is 0.281 e. The van der Waals surface area contributed by atoms with E-state index >= 15 is 0 Å². The van der Waals surface area contributed by atoms with Crippen molar-refractivity contribution in [3.8, 4) is 0 Å². The number of nitrogens with zero attached hydrogens (tertiary/aromatic N) is 2. The summed E-state index contributed by atoms with van der Waals surface area (Å²) < 4.78 is 1.36. The van der Waals surface area contributed by atoms with Crippen molar-refractivity contribution in [2.75, 3.05) is 5.32 Å². The number of pyridine rings is 1. The van der Waals surface area contributed by atoms with E-state index in [-0.39, 0.29) is 23.1 Å². The quantitative estimate of drug-likeness (QED) is 0.928. The molecule has 0 spiro atoms. The van der Waals surface area contributed by atoms with Crippen LogP contribution < -0.4 is 10.9 Å². The lowest BCUT2D eigenvalue weighted by atomic mass is 10.1. The molecule has 1 amide bonds. The molecule has 0 saturated heterocycles. The Morgan fingerprint density at radius 3 is 2.81 bits per heavy atom. The zero-order chi connectivity index (χ0) is 15.0. The molecule has 0 atom stereocenters. The van der Waals surface area contributed by atoms with Gasteiger partial charge in [0.05, 0.1) is 10.7 Å². The Morgan fingerprint density at radius 1 is 1.38 bits per heavy atom. The molecule has 3 rings (SSSR count). The van der Waals surface area contributed by atoms with Gasteiger partial charge in [0.15, 0.2) is 0 Å². The van der Waals surface area contributed by atoms with Gasteiger partial charge in [-0.3, -0.25) is 14.0 Å². The Balaban J connectivity index is 2.01. The fraction of sp³-hybridized carbons (Fsp3) is 0.400. The molecule has 2 aromatic heterocycles. The van der Waals surface area contributed by atoms with Gasteiger partial charge >= 0.3 is 0 Å². The van der Waals surface area contributed by atoms with E-state index < -0.39 is 0 Å². The highest BCUT2D eigenvalue weighted by atomic mass is 35.5. The number of halogens is 1. The summed E-state index contributed by atoms with van der Waals surface area (Å²) in [6.07, 6.45) is 5.43. The lowest BCUT2D eigenvalue weighted by Gasteiger charge is -2.12. The number of hydrogen-bond donors (Lipinski definition) is 1. The molecule has 0 bridgehead atoms. The molecule has 1 N–H and O–H groups in total. The fourth-order valence-corrected chi connectivity index (χ4v) is 2.94. The van der Waals surface area contributed by atoms with Gasteiger partial charge in [0.2, 0.25) is 5.91 Å². The van der Waals surface area contributed by atoms with E-state index in [0.717, 1.165) is 25.7 Å². The summed E-state index contributed by atoms with van der Waals surface area (Å²) in [4.78, 5) is 29.1. The molecule has 21 heavy (non-hydrogen) atoms. The van der Waals surface area contributed by atoms with Crippen LogP contribution in [0.15, 0.2) is 23.1 Å². The minimum absolute atomic E-state index is 0.00357. The van der Waals surface area contributed by atoms with Crippen LogP contribution in [0.5, 0.6) is 0 Å². The van der Waals surface area contributed by atoms with Crippen molar-refractivity contribution in [1.82, 2.24) is 9.38 Å². The van der Waals surface area contributed by atoms with Gasteiger partial charge in [-0.1, -0.05) is 24.4 Å². The summed E-state index contributed by atoms with van der Waals surface area (Å²) in [5, 5.41) is 3.20. The zero-order valence-electron chi connectivity index (χ0n) is 11.7. The van der Waals surface area contributed by atoms with Gasteiger partial charge in [0, 0.05) is 12.1 Å². The van der Waals surface area contributed by atoms with Gasteiger partial charge in [0.1, 0.15) is 11.3 Å². The van der Waals surface area contributed by atoms with Crippen LogP contribution in [0.2, 0.25) is 5.02 Å². The van der Waals surface area contributed by atoms with Crippen LogP contribution >= 0.6 is 11.6 Å². The van der Waals surface area contributed by atoms with Crippen LogP contribution in [0, 0.1) is 12.8 Å². The van der Waals surface area contributed by atoms with Crippen LogP contribution in [-0.2, 0) is 4.79 Å². The van der Waals surface area contributed by atoms with Crippen molar-refractivity contribution in [1.29, 1.82) is 0 Å². The van der Waals surface area contributed by atoms with E-state index in [4.69, 9.17) is 11.6 Å². The van der Waals surface area contributed by atoms with Crippen LogP contribution in [0.25, 0.3) is 5.65 Å². The topological polar surface area (TPSA) is 63.5 Å². The van der Waals surface area contributed by atoms with Crippen LogP contribution in [0.4, 0.5) is 5.69 Å². The summed E-state index contributed by atoms with van der Waals surface area (Å²) >= 11 is 5.92. The van der Waals surface area contributed by atoms with Crippen molar-refractivity contribution < 1.29 is 4.79 Å². The smallest absolute Gasteiger partial charge is 0.281 e. The van der Waals surface area contributed by atoms with Crippen molar-refractivity contribution in [3.63, 3.8) is 0 Å². The predicted octanol–water partition coefficient (Wildman–Crippen LogP) is 2.79. The van der Waals surface area contributed by atoms with Gasteiger partial charge in [-0.25, -0.2) is 4.98 Å². The van der Waals surface area contributed by atoms with E-state index in [0.29, 0.717) is 16.4 Å². The number of aromatic nitrogens is 2. The second-order valence-corrected chi connectivity index (χ2v) is 5.86. The third-order valence-corrected chi connectivity index (χ3v) is 4.17. The van der Waals surface area contributed by atoms with Crippen LogP contribution in [0.1, 0.15) is 31.4 Å². The Bertz CT molecular complexity index is 763. The first-order valence-corrected chi connectivity index (χ1v) is 7.43. The van der Waals surface area contributed by atoms with E-state index in [9.17, 15) is 9.59 Å². The molecule has 5 nitrogen and oxygen atoms in total. The van der Waals surface area contributed by atoms with E-state index in [1.165, 1.54) is 10.6 Å². The number of rotatable bonds is 2. The van der Waals surface area contributed by atoms with Crippen LogP contribution in [0.3, 0.4) is 0 Å². The van der Waals surface area contributed by atoms with Crippen LogP contribution in [-0.4, -0.2) is 15.3 Å². The van der Waals surface area contributed by atoms with Gasteiger partial charge < -0.3 is 5.32 Å². The van der Waals surface area contributed by atoms with Crippen molar-refractivity contribution in [2.45, 2.75) is 32.6 Å². The largest absolute Gasteiger partial charge is 0.320 e. The molecule has 1 aliphatic carbocycles. The summed E-state index contributed by atoms with van der Waals surface area (Å²) in [7, 11) is 0. The average molecular weight is 306 g/mol. The molecule has 2 aromatic rings. The van der Waals surface area contributed by atoms with Crippen molar-refractivity contribution in [3.05, 3.63) is 39.4 Å². The third kappa shape index (κ3) is 2.65. The lowest BCUT2D eigenvalue weighted by Crippen LogP contribution is -2.28. The average Bonchev–Trinajstić information content (AvgIpc) is 2.98. The van der Waals surface area contributed by atoms with Gasteiger partial charge in [-0.15, -0.1) is 0 Å². The molecular formula is C15H16ClN3O2. The number of carbonyl (C=O) groups excluding carboxylic acids is 1. The second-order valence-electron chi connectivity index (χ2n) is 5.42. The van der Waals surface area contributed by atoms with Crippen molar-refractivity contribution in [2.24, 2.45) is 5.92 Å². The minimum Gasteiger partial charge on any atom is -0.320 e. The first kappa shape index (κ1) is 14.1. The molecule has 0 aromatic carbocycles. The Labute approximate surface area is 127 Å². The molecule has 2 heterocycles. The number of anilines is 1. The first-order chi connectivity index (χ1) is 10.1. The number of hydrogen-bond acceptors (Lipinski definition) is 3. The minimum atomic E-state index is -0.300. The Kier molecular flexibility index (Phi) is 3.68. The first-order valence-electron chi connectivity index (χ1n) is 7.05. The highest BCUT2D eigenvalue weighted by molar-refractivity contribution is 6.30. The standard InChI is InChI=1S/C15H16ClN3O2/c1-9-13(18-14(20)10-4-2-3-5-10)15(21)19-8-11(16)6-7-12(19)17-9/h6-8,10H,2-5H2,1H3,(H,18,20).